The van der Waals surface area contributed by atoms with Crippen LogP contribution in [0.15, 0.2) is 24.3 Å². The molecule has 0 bridgehead atoms. The third kappa shape index (κ3) is 1.57. The van der Waals surface area contributed by atoms with Crippen molar-refractivity contribution < 1.29 is 9.59 Å². The number of para-hydroxylation sites is 1. The summed E-state index contributed by atoms with van der Waals surface area (Å²) in [5, 5.41) is 7.92. The molecule has 1 aromatic carbocycles. The molecule has 0 radical (unpaired) electrons. The van der Waals surface area contributed by atoms with Crippen molar-refractivity contribution in [2.45, 2.75) is 19.5 Å². The molecule has 1 aromatic heterocycles. The number of hydrogen-bond acceptors (Lipinski definition) is 4. The molecule has 6 heteroatoms. The summed E-state index contributed by atoms with van der Waals surface area (Å²) >= 11 is 0. The summed E-state index contributed by atoms with van der Waals surface area (Å²) in [7, 11) is 0. The summed E-state index contributed by atoms with van der Waals surface area (Å²) in [5.74, 6) is -0.288. The van der Waals surface area contributed by atoms with Gasteiger partial charge in [0.25, 0.3) is 0 Å². The van der Waals surface area contributed by atoms with Crippen molar-refractivity contribution >= 4 is 22.8 Å². The monoisotopic (exact) mass is 230 g/mol. The molecule has 6 nitrogen and oxygen atoms in total. The molecule has 0 spiro atoms. The van der Waals surface area contributed by atoms with Crippen molar-refractivity contribution in [3.05, 3.63) is 24.3 Å². The Bertz CT molecular complexity index is 588. The van der Waals surface area contributed by atoms with Crippen LogP contribution in [-0.2, 0) is 16.3 Å². The van der Waals surface area contributed by atoms with Crippen LogP contribution in [0.2, 0.25) is 0 Å². The minimum Gasteiger partial charge on any atom is -0.274 e. The van der Waals surface area contributed by atoms with E-state index < -0.39 is 0 Å². The number of likely N-dealkylation sites (tertiary alicyclic amines) is 1. The van der Waals surface area contributed by atoms with Gasteiger partial charge in [-0.2, -0.15) is 0 Å². The van der Waals surface area contributed by atoms with Crippen molar-refractivity contribution in [2.75, 3.05) is 0 Å². The van der Waals surface area contributed by atoms with Crippen molar-refractivity contribution in [2.24, 2.45) is 0 Å². The van der Waals surface area contributed by atoms with E-state index in [2.05, 4.69) is 10.3 Å². The Balaban J connectivity index is 1.95. The molecule has 0 saturated carbocycles. The third-order valence-electron chi connectivity index (χ3n) is 2.85. The average molecular weight is 230 g/mol. The molecule has 2 aromatic rings. The zero-order valence-electron chi connectivity index (χ0n) is 9.04. The lowest BCUT2D eigenvalue weighted by Gasteiger charge is -2.13. The first-order chi connectivity index (χ1) is 8.25. The smallest absolute Gasteiger partial charge is 0.231 e. The fraction of sp³-hybridized carbons (Fsp3) is 0.273. The Labute approximate surface area is 96.8 Å². The second kappa shape index (κ2) is 3.65. The van der Waals surface area contributed by atoms with Gasteiger partial charge in [-0.05, 0) is 12.1 Å². The SMILES string of the molecule is O=C1CCC(=O)N1Cn1nnc2ccccc21. The van der Waals surface area contributed by atoms with E-state index in [1.54, 1.807) is 4.68 Å². The summed E-state index contributed by atoms with van der Waals surface area (Å²) in [6.45, 7) is 0.151. The first kappa shape index (κ1) is 9.95. The zero-order valence-corrected chi connectivity index (χ0v) is 9.04. The molecule has 3 rings (SSSR count). The largest absolute Gasteiger partial charge is 0.274 e. The molecule has 0 aliphatic carbocycles. The molecule has 1 saturated heterocycles. The van der Waals surface area contributed by atoms with Gasteiger partial charge in [0.1, 0.15) is 12.2 Å². The Hall–Kier alpha value is -2.24. The molecule has 1 aliphatic heterocycles. The lowest BCUT2D eigenvalue weighted by molar-refractivity contribution is -0.140. The fourth-order valence-electron chi connectivity index (χ4n) is 1.94. The summed E-state index contributed by atoms with van der Waals surface area (Å²) in [4.78, 5) is 24.2. The van der Waals surface area contributed by atoms with E-state index in [-0.39, 0.29) is 18.5 Å². The Kier molecular flexibility index (Phi) is 2.14. The van der Waals surface area contributed by atoms with Crippen LogP contribution in [0, 0.1) is 0 Å². The number of nitrogens with zero attached hydrogens (tertiary/aromatic N) is 4. The highest BCUT2D eigenvalue weighted by atomic mass is 16.2. The number of carbonyl (C=O) groups excluding carboxylic acids is 2. The molecule has 2 amide bonds. The summed E-state index contributed by atoms with van der Waals surface area (Å²) < 4.78 is 1.57. The zero-order chi connectivity index (χ0) is 11.8. The molecule has 1 aliphatic rings. The van der Waals surface area contributed by atoms with Gasteiger partial charge >= 0.3 is 0 Å². The van der Waals surface area contributed by atoms with Gasteiger partial charge in [0.05, 0.1) is 5.52 Å². The molecule has 17 heavy (non-hydrogen) atoms. The maximum Gasteiger partial charge on any atom is 0.231 e. The van der Waals surface area contributed by atoms with Crippen molar-refractivity contribution in [3.63, 3.8) is 0 Å². The number of rotatable bonds is 2. The van der Waals surface area contributed by atoms with E-state index in [1.165, 1.54) is 4.90 Å². The van der Waals surface area contributed by atoms with E-state index >= 15 is 0 Å². The van der Waals surface area contributed by atoms with E-state index in [1.807, 2.05) is 24.3 Å². The van der Waals surface area contributed by atoms with E-state index in [0.717, 1.165) is 11.0 Å². The predicted octanol–water partition coefficient (Wildman–Crippen LogP) is 0.538. The van der Waals surface area contributed by atoms with Crippen LogP contribution in [0.3, 0.4) is 0 Å². The molecular formula is C11H10N4O2. The number of imide groups is 1. The average Bonchev–Trinajstić information content (AvgIpc) is 2.88. The lowest BCUT2D eigenvalue weighted by atomic mass is 10.3. The number of carbonyl (C=O) groups is 2. The number of amides is 2. The van der Waals surface area contributed by atoms with E-state index in [9.17, 15) is 9.59 Å². The third-order valence-corrected chi connectivity index (χ3v) is 2.85. The van der Waals surface area contributed by atoms with Crippen LogP contribution in [0.4, 0.5) is 0 Å². The number of benzene rings is 1. The van der Waals surface area contributed by atoms with E-state index in [0.29, 0.717) is 12.8 Å². The number of hydrogen-bond donors (Lipinski definition) is 0. The van der Waals surface area contributed by atoms with Crippen LogP contribution < -0.4 is 0 Å². The van der Waals surface area contributed by atoms with Crippen LogP contribution in [-0.4, -0.2) is 31.7 Å². The molecule has 0 N–H and O–H groups in total. The summed E-state index contributed by atoms with van der Waals surface area (Å²) in [6.07, 6.45) is 0.594. The van der Waals surface area contributed by atoms with E-state index in [4.69, 9.17) is 0 Å². The van der Waals surface area contributed by atoms with Gasteiger partial charge in [-0.1, -0.05) is 17.3 Å². The van der Waals surface area contributed by atoms with Crippen LogP contribution >= 0.6 is 0 Å². The highest BCUT2D eigenvalue weighted by molar-refractivity contribution is 6.01. The molecule has 86 valence electrons. The second-order valence-electron chi connectivity index (χ2n) is 3.93. The quantitative estimate of drug-likeness (QED) is 0.706. The predicted molar refractivity (Wildman–Crippen MR) is 58.6 cm³/mol. The number of aromatic nitrogens is 3. The van der Waals surface area contributed by atoms with Gasteiger partial charge in [0, 0.05) is 12.8 Å². The maximum absolute atomic E-state index is 11.5. The minimum absolute atomic E-state index is 0.144. The molecule has 0 unspecified atom stereocenters. The highest BCUT2D eigenvalue weighted by Crippen LogP contribution is 2.15. The first-order valence-electron chi connectivity index (χ1n) is 5.37. The summed E-state index contributed by atoms with van der Waals surface area (Å²) in [5.41, 5.74) is 1.58. The van der Waals surface area contributed by atoms with Gasteiger partial charge < -0.3 is 0 Å². The first-order valence-corrected chi connectivity index (χ1v) is 5.37. The van der Waals surface area contributed by atoms with Crippen LogP contribution in [0.5, 0.6) is 0 Å². The molecule has 1 fully saturated rings. The standard InChI is InChI=1S/C11H10N4O2/c16-10-5-6-11(17)14(10)7-15-9-4-2-1-3-8(9)12-13-15/h1-4H,5-7H2. The van der Waals surface area contributed by atoms with Gasteiger partial charge in [0.15, 0.2) is 0 Å². The molecular weight excluding hydrogens is 220 g/mol. The second-order valence-corrected chi connectivity index (χ2v) is 3.93. The summed E-state index contributed by atoms with van der Waals surface area (Å²) in [6, 6.07) is 7.44. The van der Waals surface area contributed by atoms with Crippen molar-refractivity contribution in [1.82, 2.24) is 19.9 Å². The van der Waals surface area contributed by atoms with Crippen LogP contribution in [0.1, 0.15) is 12.8 Å². The number of fused-ring (bicyclic) bond motifs is 1. The van der Waals surface area contributed by atoms with Gasteiger partial charge in [-0.15, -0.1) is 5.10 Å². The maximum atomic E-state index is 11.5. The Morgan fingerprint density at radius 3 is 2.59 bits per heavy atom. The van der Waals surface area contributed by atoms with Crippen LogP contribution in [0.25, 0.3) is 11.0 Å². The van der Waals surface area contributed by atoms with Crippen molar-refractivity contribution in [3.8, 4) is 0 Å². The molecule has 2 heterocycles. The Morgan fingerprint density at radius 1 is 1.12 bits per heavy atom. The highest BCUT2D eigenvalue weighted by Gasteiger charge is 2.29. The fourth-order valence-corrected chi connectivity index (χ4v) is 1.94. The lowest BCUT2D eigenvalue weighted by Crippen LogP contribution is -2.31. The van der Waals surface area contributed by atoms with Gasteiger partial charge in [-0.25, -0.2) is 4.68 Å². The topological polar surface area (TPSA) is 68.1 Å². The minimum atomic E-state index is -0.144. The normalized spacial score (nSPS) is 16.1. The van der Waals surface area contributed by atoms with Crippen molar-refractivity contribution in [1.29, 1.82) is 0 Å². The van der Waals surface area contributed by atoms with Gasteiger partial charge in [-0.3, -0.25) is 14.5 Å². The molecule has 0 atom stereocenters. The Morgan fingerprint density at radius 2 is 1.82 bits per heavy atom. The van der Waals surface area contributed by atoms with Gasteiger partial charge in [0.2, 0.25) is 11.8 Å².